The van der Waals surface area contributed by atoms with Crippen LogP contribution in [0.2, 0.25) is 0 Å². The van der Waals surface area contributed by atoms with Gasteiger partial charge in [0, 0.05) is 34.5 Å². The van der Waals surface area contributed by atoms with Crippen molar-refractivity contribution in [2.24, 2.45) is 0 Å². The van der Waals surface area contributed by atoms with Gasteiger partial charge in [-0.15, -0.1) is 0 Å². The Morgan fingerprint density at radius 2 is 2.00 bits per heavy atom. The average molecular weight is 356 g/mol. The first-order valence-electron chi connectivity index (χ1n) is 7.98. The zero-order valence-electron chi connectivity index (χ0n) is 14.4. The van der Waals surface area contributed by atoms with E-state index in [1.54, 1.807) is 11.8 Å². The van der Waals surface area contributed by atoms with Crippen molar-refractivity contribution in [3.63, 3.8) is 0 Å². The summed E-state index contributed by atoms with van der Waals surface area (Å²) in [6, 6.07) is 9.51. The molecule has 25 heavy (non-hydrogen) atoms. The Morgan fingerprint density at radius 3 is 2.72 bits per heavy atom. The van der Waals surface area contributed by atoms with Gasteiger partial charge in [-0.1, -0.05) is 18.2 Å². The molecule has 0 fully saturated rings. The van der Waals surface area contributed by atoms with Crippen LogP contribution < -0.4 is 10.9 Å². The van der Waals surface area contributed by atoms with Gasteiger partial charge in [0.25, 0.3) is 11.5 Å². The summed E-state index contributed by atoms with van der Waals surface area (Å²) < 4.78 is 5.77. The van der Waals surface area contributed by atoms with E-state index in [1.807, 2.05) is 50.4 Å². The number of thioether (sulfide) groups is 1. The fourth-order valence-corrected chi connectivity index (χ4v) is 3.50. The number of rotatable bonds is 5. The summed E-state index contributed by atoms with van der Waals surface area (Å²) in [4.78, 5) is 27.5. The van der Waals surface area contributed by atoms with E-state index in [9.17, 15) is 9.59 Å². The number of hydrogen-bond donors (Lipinski definition) is 2. The normalized spacial score (nSPS) is 11.0. The molecule has 5 nitrogen and oxygen atoms in total. The molecule has 1 aromatic carbocycles. The van der Waals surface area contributed by atoms with Crippen molar-refractivity contribution in [3.8, 4) is 0 Å². The zero-order chi connectivity index (χ0) is 18.0. The van der Waals surface area contributed by atoms with Crippen molar-refractivity contribution >= 4 is 28.6 Å². The Bertz CT molecular complexity index is 988. The number of hydrogen-bond acceptors (Lipinski definition) is 4. The highest BCUT2D eigenvalue weighted by molar-refractivity contribution is 7.97. The standard InChI is InChI=1S/C19H20N2O3S/c1-11-8-12(2)21-18(22)14(11)9-20-19(23)17-15(10-25-3)13-6-4-5-7-16(13)24-17/h4-8H,9-10H2,1-3H3,(H,20,23)(H,21,22). The molecule has 6 heteroatoms. The predicted octanol–water partition coefficient (Wildman–Crippen LogP) is 3.53. The second-order valence-electron chi connectivity index (χ2n) is 5.96. The number of carbonyl (C=O) groups is 1. The van der Waals surface area contributed by atoms with Crippen molar-refractivity contribution in [2.45, 2.75) is 26.1 Å². The summed E-state index contributed by atoms with van der Waals surface area (Å²) in [5.74, 6) is 0.695. The smallest absolute Gasteiger partial charge is 0.287 e. The van der Waals surface area contributed by atoms with E-state index in [0.717, 1.165) is 22.2 Å². The lowest BCUT2D eigenvalue weighted by atomic mass is 10.1. The van der Waals surface area contributed by atoms with E-state index in [4.69, 9.17) is 4.42 Å². The van der Waals surface area contributed by atoms with Gasteiger partial charge < -0.3 is 14.7 Å². The number of amides is 1. The Kier molecular flexibility index (Phi) is 4.99. The molecule has 0 aliphatic rings. The van der Waals surface area contributed by atoms with Crippen molar-refractivity contribution in [1.82, 2.24) is 10.3 Å². The molecule has 130 valence electrons. The SMILES string of the molecule is CSCc1c(C(=O)NCc2c(C)cc(C)[nH]c2=O)oc2ccccc12. The Hall–Kier alpha value is -2.47. The maximum Gasteiger partial charge on any atom is 0.287 e. The minimum Gasteiger partial charge on any atom is -0.451 e. The van der Waals surface area contributed by atoms with E-state index in [0.29, 0.717) is 22.7 Å². The third kappa shape index (κ3) is 3.49. The number of pyridine rings is 1. The fourth-order valence-electron chi connectivity index (χ4n) is 2.92. The Labute approximate surface area is 149 Å². The molecule has 0 saturated heterocycles. The molecule has 0 aliphatic heterocycles. The van der Waals surface area contributed by atoms with E-state index in [1.165, 1.54) is 0 Å². The number of aromatic amines is 1. The number of nitrogens with one attached hydrogen (secondary N) is 2. The van der Waals surface area contributed by atoms with Gasteiger partial charge in [-0.25, -0.2) is 0 Å². The molecule has 1 amide bonds. The van der Waals surface area contributed by atoms with Gasteiger partial charge in [0.05, 0.1) is 0 Å². The molecule has 0 bridgehead atoms. The lowest BCUT2D eigenvalue weighted by molar-refractivity contribution is 0.0924. The predicted molar refractivity (Wildman–Crippen MR) is 101 cm³/mol. The van der Waals surface area contributed by atoms with Gasteiger partial charge in [-0.3, -0.25) is 9.59 Å². The third-order valence-electron chi connectivity index (χ3n) is 4.11. The summed E-state index contributed by atoms with van der Waals surface area (Å²) in [5.41, 5.74) is 3.62. The quantitative estimate of drug-likeness (QED) is 0.733. The van der Waals surface area contributed by atoms with E-state index in [2.05, 4.69) is 10.3 Å². The van der Waals surface area contributed by atoms with Crippen LogP contribution in [0.4, 0.5) is 0 Å². The van der Waals surface area contributed by atoms with E-state index >= 15 is 0 Å². The van der Waals surface area contributed by atoms with Crippen LogP contribution in [0.3, 0.4) is 0 Å². The van der Waals surface area contributed by atoms with Crippen LogP contribution in [0.25, 0.3) is 11.0 Å². The molecule has 2 N–H and O–H groups in total. The summed E-state index contributed by atoms with van der Waals surface area (Å²) >= 11 is 1.63. The van der Waals surface area contributed by atoms with Crippen molar-refractivity contribution in [3.05, 3.63) is 68.8 Å². The number of H-pyrrole nitrogens is 1. The second kappa shape index (κ2) is 7.19. The van der Waals surface area contributed by atoms with Crippen LogP contribution in [-0.2, 0) is 12.3 Å². The topological polar surface area (TPSA) is 75.1 Å². The number of furan rings is 1. The van der Waals surface area contributed by atoms with Crippen LogP contribution in [0.5, 0.6) is 0 Å². The highest BCUT2D eigenvalue weighted by Crippen LogP contribution is 2.28. The molecule has 2 aromatic heterocycles. The minimum absolute atomic E-state index is 0.163. The maximum atomic E-state index is 12.6. The number of benzene rings is 1. The minimum atomic E-state index is -0.306. The van der Waals surface area contributed by atoms with Gasteiger partial charge >= 0.3 is 0 Å². The van der Waals surface area contributed by atoms with Crippen molar-refractivity contribution in [1.29, 1.82) is 0 Å². The lowest BCUT2D eigenvalue weighted by Gasteiger charge is -2.08. The molecule has 0 saturated carbocycles. The largest absolute Gasteiger partial charge is 0.451 e. The van der Waals surface area contributed by atoms with E-state index < -0.39 is 0 Å². The highest BCUT2D eigenvalue weighted by atomic mass is 32.2. The summed E-state index contributed by atoms with van der Waals surface area (Å²) in [6.45, 7) is 3.86. The number of para-hydroxylation sites is 1. The van der Waals surface area contributed by atoms with Gasteiger partial charge in [0.15, 0.2) is 5.76 Å². The highest BCUT2D eigenvalue weighted by Gasteiger charge is 2.20. The number of carbonyl (C=O) groups excluding carboxylic acids is 1. The van der Waals surface area contributed by atoms with Crippen LogP contribution in [0.15, 0.2) is 39.5 Å². The van der Waals surface area contributed by atoms with E-state index in [-0.39, 0.29) is 18.0 Å². The molecule has 3 rings (SSSR count). The van der Waals surface area contributed by atoms with Crippen molar-refractivity contribution in [2.75, 3.05) is 6.26 Å². The van der Waals surface area contributed by atoms with Gasteiger partial charge in [0.1, 0.15) is 5.58 Å². The van der Waals surface area contributed by atoms with Gasteiger partial charge in [-0.05, 0) is 37.8 Å². The number of aryl methyl sites for hydroxylation is 2. The van der Waals surface area contributed by atoms with Gasteiger partial charge in [0.2, 0.25) is 0 Å². The molecule has 0 radical (unpaired) electrons. The Balaban J connectivity index is 1.88. The number of fused-ring (bicyclic) bond motifs is 1. The lowest BCUT2D eigenvalue weighted by Crippen LogP contribution is -2.28. The van der Waals surface area contributed by atoms with Crippen LogP contribution in [0, 0.1) is 13.8 Å². The van der Waals surface area contributed by atoms with Gasteiger partial charge in [-0.2, -0.15) is 11.8 Å². The molecule has 3 aromatic rings. The van der Waals surface area contributed by atoms with Crippen LogP contribution >= 0.6 is 11.8 Å². The molecular weight excluding hydrogens is 336 g/mol. The summed E-state index contributed by atoms with van der Waals surface area (Å²) in [5, 5.41) is 3.76. The summed E-state index contributed by atoms with van der Waals surface area (Å²) in [7, 11) is 0. The molecule has 0 aliphatic carbocycles. The molecular formula is C19H20N2O3S. The van der Waals surface area contributed by atoms with Crippen LogP contribution in [-0.4, -0.2) is 17.1 Å². The molecule has 0 unspecified atom stereocenters. The third-order valence-corrected chi connectivity index (χ3v) is 4.69. The number of aromatic nitrogens is 1. The zero-order valence-corrected chi connectivity index (χ0v) is 15.3. The fraction of sp³-hybridized carbons (Fsp3) is 0.263. The van der Waals surface area contributed by atoms with Crippen molar-refractivity contribution < 1.29 is 9.21 Å². The summed E-state index contributed by atoms with van der Waals surface area (Å²) in [6.07, 6.45) is 1.98. The average Bonchev–Trinajstić information content (AvgIpc) is 2.93. The molecule has 0 spiro atoms. The first-order chi connectivity index (χ1) is 12.0. The molecule has 2 heterocycles. The first-order valence-corrected chi connectivity index (χ1v) is 9.37. The monoisotopic (exact) mass is 356 g/mol. The maximum absolute atomic E-state index is 12.6. The van der Waals surface area contributed by atoms with Crippen LogP contribution in [0.1, 0.15) is 32.9 Å². The first kappa shape index (κ1) is 17.4. The molecule has 0 atom stereocenters. The second-order valence-corrected chi connectivity index (χ2v) is 6.83. The Morgan fingerprint density at radius 1 is 1.24 bits per heavy atom.